The Morgan fingerprint density at radius 2 is 1.75 bits per heavy atom. The number of para-hydroxylation sites is 2. The van der Waals surface area contributed by atoms with E-state index in [1.165, 1.54) is 6.20 Å². The van der Waals surface area contributed by atoms with Gasteiger partial charge < -0.3 is 10.1 Å². The van der Waals surface area contributed by atoms with E-state index in [1.54, 1.807) is 24.3 Å². The Kier molecular flexibility index (Phi) is 5.53. The molecule has 0 radical (unpaired) electrons. The van der Waals surface area contributed by atoms with Gasteiger partial charge in [0, 0.05) is 24.8 Å². The first-order valence-electron chi connectivity index (χ1n) is 8.13. The maximum absolute atomic E-state index is 13.8. The van der Waals surface area contributed by atoms with Gasteiger partial charge in [0.25, 0.3) is 5.91 Å². The highest BCUT2D eigenvalue weighted by molar-refractivity contribution is 5.97. The molecule has 0 bridgehead atoms. The Morgan fingerprint density at radius 3 is 2.39 bits per heavy atom. The van der Waals surface area contributed by atoms with E-state index >= 15 is 0 Å². The van der Waals surface area contributed by atoms with Crippen molar-refractivity contribution < 1.29 is 27.5 Å². The lowest BCUT2D eigenvalue weighted by Gasteiger charge is -2.17. The van der Waals surface area contributed by atoms with Crippen molar-refractivity contribution in [3.05, 3.63) is 71.3 Å². The van der Waals surface area contributed by atoms with Gasteiger partial charge in [0.15, 0.2) is 0 Å². The highest BCUT2D eigenvalue weighted by Gasteiger charge is 2.27. The van der Waals surface area contributed by atoms with Crippen LogP contribution in [0, 0.1) is 17.5 Å². The minimum atomic E-state index is -1.39. The van der Waals surface area contributed by atoms with Gasteiger partial charge in [-0.15, -0.1) is 0 Å². The average molecular weight is 389 g/mol. The standard InChI is InChI=1S/C19H14F3N3O3/c1-28-19(27)16(8-11-9-23-14-4-2-3-5-15(14)24-11)25-18(26)17-12(21)6-10(20)7-13(17)22/h2-7,9,16H,8H2,1H3,(H,25,26)/t16-/m0/s1. The van der Waals surface area contributed by atoms with Gasteiger partial charge in [0.1, 0.15) is 29.1 Å². The second-order valence-electron chi connectivity index (χ2n) is 5.85. The molecule has 0 spiro atoms. The molecule has 3 rings (SSSR count). The molecule has 0 aliphatic carbocycles. The number of nitrogens with one attached hydrogen (secondary N) is 1. The molecule has 9 heteroatoms. The number of carbonyl (C=O) groups excluding carboxylic acids is 2. The van der Waals surface area contributed by atoms with E-state index in [9.17, 15) is 22.8 Å². The fraction of sp³-hybridized carbons (Fsp3) is 0.158. The summed E-state index contributed by atoms with van der Waals surface area (Å²) in [5, 5.41) is 2.20. The van der Waals surface area contributed by atoms with Crippen LogP contribution in [-0.4, -0.2) is 35.0 Å². The number of aromatic nitrogens is 2. The monoisotopic (exact) mass is 389 g/mol. The zero-order valence-electron chi connectivity index (χ0n) is 14.6. The van der Waals surface area contributed by atoms with Crippen molar-refractivity contribution in [2.75, 3.05) is 7.11 Å². The van der Waals surface area contributed by atoms with Gasteiger partial charge in [-0.2, -0.15) is 0 Å². The molecule has 0 saturated carbocycles. The number of ether oxygens (including phenoxy) is 1. The maximum Gasteiger partial charge on any atom is 0.328 e. The predicted molar refractivity (Wildman–Crippen MR) is 92.8 cm³/mol. The Hall–Kier alpha value is -3.49. The molecule has 2 aromatic carbocycles. The van der Waals surface area contributed by atoms with E-state index < -0.39 is 40.9 Å². The SMILES string of the molecule is COC(=O)[C@H](Cc1cnc2ccccc2n1)NC(=O)c1c(F)cc(F)cc1F. The van der Waals surface area contributed by atoms with Crippen molar-refractivity contribution in [2.45, 2.75) is 12.5 Å². The van der Waals surface area contributed by atoms with Crippen LogP contribution in [0.2, 0.25) is 0 Å². The number of esters is 1. The summed E-state index contributed by atoms with van der Waals surface area (Å²) < 4.78 is 45.3. The molecule has 0 saturated heterocycles. The first-order chi connectivity index (χ1) is 13.4. The van der Waals surface area contributed by atoms with Crippen LogP contribution in [0.15, 0.2) is 42.6 Å². The van der Waals surface area contributed by atoms with Gasteiger partial charge in [-0.1, -0.05) is 12.1 Å². The number of benzene rings is 2. The molecule has 1 N–H and O–H groups in total. The quantitative estimate of drug-likeness (QED) is 0.679. The van der Waals surface area contributed by atoms with E-state index in [-0.39, 0.29) is 6.42 Å². The molecule has 0 aliphatic rings. The Bertz CT molecular complexity index is 1040. The van der Waals surface area contributed by atoms with Crippen molar-refractivity contribution in [1.29, 1.82) is 0 Å². The number of halogens is 3. The van der Waals surface area contributed by atoms with Crippen molar-refractivity contribution in [3.8, 4) is 0 Å². The molecule has 1 amide bonds. The topological polar surface area (TPSA) is 81.2 Å². The third-order valence-corrected chi connectivity index (χ3v) is 3.94. The zero-order chi connectivity index (χ0) is 20.3. The highest BCUT2D eigenvalue weighted by atomic mass is 19.1. The van der Waals surface area contributed by atoms with Crippen LogP contribution in [0.3, 0.4) is 0 Å². The Balaban J connectivity index is 1.86. The van der Waals surface area contributed by atoms with Crippen molar-refractivity contribution >= 4 is 22.9 Å². The third kappa shape index (κ3) is 4.08. The number of carbonyl (C=O) groups is 2. The lowest BCUT2D eigenvalue weighted by molar-refractivity contribution is -0.142. The second-order valence-corrected chi connectivity index (χ2v) is 5.85. The molecule has 3 aromatic rings. The molecule has 1 aromatic heterocycles. The van der Waals surface area contributed by atoms with Crippen LogP contribution >= 0.6 is 0 Å². The van der Waals surface area contributed by atoms with E-state index in [2.05, 4.69) is 20.0 Å². The molecule has 1 atom stereocenters. The number of fused-ring (bicyclic) bond motifs is 1. The van der Waals surface area contributed by atoms with Crippen LogP contribution in [0.4, 0.5) is 13.2 Å². The smallest absolute Gasteiger partial charge is 0.328 e. The average Bonchev–Trinajstić information content (AvgIpc) is 2.66. The maximum atomic E-state index is 13.8. The first-order valence-corrected chi connectivity index (χ1v) is 8.13. The molecule has 0 unspecified atom stereocenters. The van der Waals surface area contributed by atoms with Gasteiger partial charge in [0.05, 0.1) is 23.8 Å². The summed E-state index contributed by atoms with van der Waals surface area (Å²) in [7, 11) is 1.10. The minimum Gasteiger partial charge on any atom is -0.467 e. The molecule has 0 fully saturated rings. The van der Waals surface area contributed by atoms with Crippen molar-refractivity contribution in [3.63, 3.8) is 0 Å². The van der Waals surface area contributed by atoms with Gasteiger partial charge in [0.2, 0.25) is 0 Å². The predicted octanol–water partition coefficient (Wildman–Crippen LogP) is 2.56. The van der Waals surface area contributed by atoms with Crippen molar-refractivity contribution in [1.82, 2.24) is 15.3 Å². The number of rotatable bonds is 5. The molecule has 1 heterocycles. The summed E-state index contributed by atoms with van der Waals surface area (Å²) in [6.07, 6.45) is 1.30. The lowest BCUT2D eigenvalue weighted by Crippen LogP contribution is -2.43. The zero-order valence-corrected chi connectivity index (χ0v) is 14.6. The minimum absolute atomic E-state index is 0.124. The summed E-state index contributed by atoms with van der Waals surface area (Å²) in [6.45, 7) is 0. The van der Waals surface area contributed by atoms with E-state index in [0.717, 1.165) is 7.11 Å². The summed E-state index contributed by atoms with van der Waals surface area (Å²) in [4.78, 5) is 32.9. The van der Waals surface area contributed by atoms with Crippen LogP contribution in [0.25, 0.3) is 11.0 Å². The summed E-state index contributed by atoms with van der Waals surface area (Å²) >= 11 is 0. The van der Waals surface area contributed by atoms with Gasteiger partial charge in [-0.3, -0.25) is 9.78 Å². The number of hydrogen-bond donors (Lipinski definition) is 1. The van der Waals surface area contributed by atoms with E-state index in [0.29, 0.717) is 28.9 Å². The molecule has 28 heavy (non-hydrogen) atoms. The molecular weight excluding hydrogens is 375 g/mol. The highest BCUT2D eigenvalue weighted by Crippen LogP contribution is 2.16. The number of methoxy groups -OCH3 is 1. The molecular formula is C19H14F3N3O3. The van der Waals surface area contributed by atoms with E-state index in [4.69, 9.17) is 0 Å². The third-order valence-electron chi connectivity index (χ3n) is 3.94. The van der Waals surface area contributed by atoms with Crippen LogP contribution < -0.4 is 5.32 Å². The summed E-state index contributed by atoms with van der Waals surface area (Å²) in [5.41, 5.74) is 0.570. The van der Waals surface area contributed by atoms with Crippen LogP contribution in [0.1, 0.15) is 16.1 Å². The summed E-state index contributed by atoms with van der Waals surface area (Å²) in [5.74, 6) is -6.00. The van der Waals surface area contributed by atoms with Gasteiger partial charge in [-0.05, 0) is 12.1 Å². The second kappa shape index (κ2) is 8.03. The summed E-state index contributed by atoms with van der Waals surface area (Å²) in [6, 6.07) is 6.50. The lowest BCUT2D eigenvalue weighted by atomic mass is 10.1. The number of amides is 1. The normalized spacial score (nSPS) is 11.9. The van der Waals surface area contributed by atoms with Crippen molar-refractivity contribution in [2.24, 2.45) is 0 Å². The largest absolute Gasteiger partial charge is 0.467 e. The van der Waals surface area contributed by atoms with Gasteiger partial charge >= 0.3 is 5.97 Å². The van der Waals surface area contributed by atoms with Gasteiger partial charge in [-0.25, -0.2) is 22.9 Å². The Labute approximate surface area is 157 Å². The van der Waals surface area contributed by atoms with E-state index in [1.807, 2.05) is 0 Å². The van der Waals surface area contributed by atoms with Crippen LogP contribution in [0.5, 0.6) is 0 Å². The number of hydrogen-bond acceptors (Lipinski definition) is 5. The number of nitrogens with zero attached hydrogens (tertiary/aromatic N) is 2. The molecule has 6 nitrogen and oxygen atoms in total. The molecule has 144 valence electrons. The fourth-order valence-electron chi connectivity index (χ4n) is 2.63. The molecule has 0 aliphatic heterocycles. The van der Waals surface area contributed by atoms with Crippen LogP contribution in [-0.2, 0) is 16.0 Å². The fourth-order valence-corrected chi connectivity index (χ4v) is 2.63. The Morgan fingerprint density at radius 1 is 1.11 bits per heavy atom. The first kappa shape index (κ1) is 19.3.